The van der Waals surface area contributed by atoms with Crippen molar-refractivity contribution in [1.82, 2.24) is 4.90 Å². The fourth-order valence-corrected chi connectivity index (χ4v) is 3.99. The second-order valence-electron chi connectivity index (χ2n) is 13.3. The van der Waals surface area contributed by atoms with E-state index < -0.39 is 28.6 Å². The van der Waals surface area contributed by atoms with Gasteiger partial charge in [-0.15, -0.1) is 0 Å². The van der Waals surface area contributed by atoms with E-state index in [1.165, 1.54) is 7.11 Å². The summed E-state index contributed by atoms with van der Waals surface area (Å²) in [5.41, 5.74) is 0.710. The van der Waals surface area contributed by atoms with Crippen molar-refractivity contribution in [1.29, 1.82) is 0 Å². The van der Waals surface area contributed by atoms with Crippen molar-refractivity contribution >= 4 is 24.1 Å². The van der Waals surface area contributed by atoms with E-state index in [9.17, 15) is 14.4 Å². The number of esters is 2. The van der Waals surface area contributed by atoms with Crippen molar-refractivity contribution in [3.63, 3.8) is 0 Å². The summed E-state index contributed by atoms with van der Waals surface area (Å²) in [6.07, 6.45) is 3.96. The van der Waals surface area contributed by atoms with E-state index in [0.717, 1.165) is 16.7 Å². The maximum Gasteiger partial charge on any atom is 0.411 e. The third-order valence-electron chi connectivity index (χ3n) is 6.32. The molecule has 8 nitrogen and oxygen atoms in total. The first-order valence-corrected chi connectivity index (χ1v) is 13.8. The van der Waals surface area contributed by atoms with Gasteiger partial charge in [-0.3, -0.25) is 14.5 Å². The maximum atomic E-state index is 13.3. The minimum atomic E-state index is -0.680. The number of hydrogen-bond donors (Lipinski definition) is 0. The number of carbonyl (C=O) groups excluding carboxylic acids is 3. The highest BCUT2D eigenvalue weighted by atomic mass is 16.6. The van der Waals surface area contributed by atoms with Crippen LogP contribution < -0.4 is 14.2 Å². The molecule has 2 aromatic rings. The molecule has 0 spiro atoms. The molecule has 0 saturated carbocycles. The van der Waals surface area contributed by atoms with Crippen molar-refractivity contribution in [3.05, 3.63) is 59.2 Å². The summed E-state index contributed by atoms with van der Waals surface area (Å²) in [5.74, 6) is 0.530. The first-order valence-electron chi connectivity index (χ1n) is 13.8. The number of methoxy groups -OCH3 is 1. The zero-order chi connectivity index (χ0) is 30.8. The first kappa shape index (κ1) is 31.7. The first-order chi connectivity index (χ1) is 18.9. The van der Waals surface area contributed by atoms with Crippen LogP contribution >= 0.6 is 0 Å². The normalized spacial score (nSPS) is 15.8. The van der Waals surface area contributed by atoms with Crippen molar-refractivity contribution in [2.75, 3.05) is 13.7 Å². The van der Waals surface area contributed by atoms with Gasteiger partial charge in [0.1, 0.15) is 11.4 Å². The Morgan fingerprint density at radius 2 is 1.41 bits per heavy atom. The van der Waals surface area contributed by atoms with Crippen molar-refractivity contribution in [2.45, 2.75) is 80.4 Å². The number of nitrogens with zero attached hydrogens (tertiary/aromatic N) is 1. The Kier molecular flexibility index (Phi) is 9.26. The van der Waals surface area contributed by atoms with E-state index in [1.807, 2.05) is 57.2 Å². The largest absolute Gasteiger partial charge is 0.493 e. The lowest BCUT2D eigenvalue weighted by atomic mass is 9.91. The standard InChI is InChI=1S/C33H43NO7/c1-31(2,3)28(35)39-23-14-11-21(12-15-23)13-16-25-24-20-26(38-10)27(40-29(36)32(4,5)6)19-22(24)17-18-34(25)30(37)41-33(7,8)9/h11-16,19-20,25H,17-18H2,1-10H3/b16-13+/t25-/m0/s1. The molecule has 0 fully saturated rings. The third-order valence-corrected chi connectivity index (χ3v) is 6.32. The summed E-state index contributed by atoms with van der Waals surface area (Å²) in [7, 11) is 1.52. The topological polar surface area (TPSA) is 91.4 Å². The van der Waals surface area contributed by atoms with Crippen LogP contribution in [0, 0.1) is 10.8 Å². The number of rotatable bonds is 5. The summed E-state index contributed by atoms with van der Waals surface area (Å²) in [5, 5.41) is 0. The summed E-state index contributed by atoms with van der Waals surface area (Å²) >= 11 is 0. The Morgan fingerprint density at radius 1 is 0.829 bits per heavy atom. The molecule has 3 rings (SSSR count). The molecule has 41 heavy (non-hydrogen) atoms. The van der Waals surface area contributed by atoms with Crippen LogP contribution in [0.15, 0.2) is 42.5 Å². The fraction of sp³-hybridized carbons (Fsp3) is 0.485. The van der Waals surface area contributed by atoms with E-state index in [2.05, 4.69) is 0 Å². The van der Waals surface area contributed by atoms with Crippen LogP contribution in [0.3, 0.4) is 0 Å². The molecule has 222 valence electrons. The fourth-order valence-electron chi connectivity index (χ4n) is 3.99. The van der Waals surface area contributed by atoms with Crippen LogP contribution in [0.4, 0.5) is 4.79 Å². The highest BCUT2D eigenvalue weighted by Crippen LogP contribution is 2.40. The Morgan fingerprint density at radius 3 is 1.95 bits per heavy atom. The van der Waals surface area contributed by atoms with Gasteiger partial charge in [0.05, 0.1) is 24.0 Å². The molecule has 8 heteroatoms. The molecular weight excluding hydrogens is 522 g/mol. The maximum absolute atomic E-state index is 13.3. The van der Waals surface area contributed by atoms with Crippen LogP contribution in [0.1, 0.15) is 85.0 Å². The SMILES string of the molecule is COc1cc2c(cc1OC(=O)C(C)(C)C)CCN(C(=O)OC(C)(C)C)[C@H]2/C=C/c1ccc(OC(=O)C(C)(C)C)cc1. The average molecular weight is 566 g/mol. The molecule has 0 bridgehead atoms. The molecule has 0 aliphatic carbocycles. The quantitative estimate of drug-likeness (QED) is 0.281. The molecule has 2 aromatic carbocycles. The third kappa shape index (κ3) is 8.35. The number of amides is 1. The second kappa shape index (κ2) is 12.0. The summed E-state index contributed by atoms with van der Waals surface area (Å²) in [4.78, 5) is 39.8. The van der Waals surface area contributed by atoms with Crippen LogP contribution in [0.5, 0.6) is 17.2 Å². The summed E-state index contributed by atoms with van der Waals surface area (Å²) in [6.45, 7) is 16.7. The molecule has 0 aromatic heterocycles. The molecule has 1 amide bonds. The van der Waals surface area contributed by atoms with Gasteiger partial charge < -0.3 is 18.9 Å². The second-order valence-corrected chi connectivity index (χ2v) is 13.3. The zero-order valence-electron chi connectivity index (χ0n) is 25.9. The lowest BCUT2D eigenvalue weighted by Gasteiger charge is -2.37. The predicted molar refractivity (Wildman–Crippen MR) is 158 cm³/mol. The van der Waals surface area contributed by atoms with Crippen molar-refractivity contribution < 1.29 is 33.3 Å². The molecule has 0 radical (unpaired) electrons. The van der Waals surface area contributed by atoms with Gasteiger partial charge in [0.15, 0.2) is 11.5 Å². The van der Waals surface area contributed by atoms with Gasteiger partial charge in [0, 0.05) is 6.54 Å². The monoisotopic (exact) mass is 565 g/mol. The minimum Gasteiger partial charge on any atom is -0.493 e. The number of ether oxygens (including phenoxy) is 4. The smallest absolute Gasteiger partial charge is 0.411 e. The Hall–Kier alpha value is -3.81. The van der Waals surface area contributed by atoms with Crippen molar-refractivity contribution in [3.8, 4) is 17.2 Å². The van der Waals surface area contributed by atoms with Crippen LogP contribution in [-0.4, -0.2) is 42.2 Å². The highest BCUT2D eigenvalue weighted by Gasteiger charge is 2.34. The number of carbonyl (C=O) groups is 3. The van der Waals surface area contributed by atoms with Gasteiger partial charge in [-0.25, -0.2) is 4.79 Å². The lowest BCUT2D eigenvalue weighted by molar-refractivity contribution is -0.143. The molecule has 1 aliphatic rings. The number of benzene rings is 2. The summed E-state index contributed by atoms with van der Waals surface area (Å²) < 4.78 is 22.5. The van der Waals surface area contributed by atoms with Gasteiger partial charge in [0.25, 0.3) is 0 Å². The molecule has 0 N–H and O–H groups in total. The van der Waals surface area contributed by atoms with Gasteiger partial charge in [0.2, 0.25) is 0 Å². The molecule has 0 saturated heterocycles. The van der Waals surface area contributed by atoms with E-state index >= 15 is 0 Å². The van der Waals surface area contributed by atoms with Gasteiger partial charge in [-0.1, -0.05) is 24.3 Å². The Bertz CT molecular complexity index is 1310. The van der Waals surface area contributed by atoms with Crippen LogP contribution in [0.25, 0.3) is 6.08 Å². The lowest BCUT2D eigenvalue weighted by Crippen LogP contribution is -2.42. The van der Waals surface area contributed by atoms with Crippen LogP contribution in [0.2, 0.25) is 0 Å². The molecule has 1 aliphatic heterocycles. The van der Waals surface area contributed by atoms with Gasteiger partial charge in [-0.05, 0) is 110 Å². The number of fused-ring (bicyclic) bond motifs is 1. The van der Waals surface area contributed by atoms with E-state index in [4.69, 9.17) is 18.9 Å². The molecule has 1 heterocycles. The number of hydrogen-bond acceptors (Lipinski definition) is 7. The zero-order valence-corrected chi connectivity index (χ0v) is 25.9. The van der Waals surface area contributed by atoms with Crippen LogP contribution in [-0.2, 0) is 20.7 Å². The van der Waals surface area contributed by atoms with Crippen molar-refractivity contribution in [2.24, 2.45) is 10.8 Å². The van der Waals surface area contributed by atoms with E-state index in [1.54, 1.807) is 58.6 Å². The van der Waals surface area contributed by atoms with E-state index in [0.29, 0.717) is 30.2 Å². The molecular formula is C33H43NO7. The Balaban J connectivity index is 1.97. The minimum absolute atomic E-state index is 0.311. The molecule has 1 atom stereocenters. The molecule has 0 unspecified atom stereocenters. The summed E-state index contributed by atoms with van der Waals surface area (Å²) in [6, 6.07) is 10.3. The predicted octanol–water partition coefficient (Wildman–Crippen LogP) is 7.15. The average Bonchev–Trinajstić information content (AvgIpc) is 2.85. The highest BCUT2D eigenvalue weighted by molar-refractivity contribution is 5.79. The van der Waals surface area contributed by atoms with Gasteiger partial charge in [-0.2, -0.15) is 0 Å². The Labute approximate surface area is 243 Å². The van der Waals surface area contributed by atoms with Gasteiger partial charge >= 0.3 is 18.0 Å². The van der Waals surface area contributed by atoms with E-state index in [-0.39, 0.29) is 11.9 Å².